The smallest absolute Gasteiger partial charge is 0.313 e. The Balaban J connectivity index is 2.00. The summed E-state index contributed by atoms with van der Waals surface area (Å²) in [4.78, 5) is 31.3. The van der Waals surface area contributed by atoms with Crippen molar-refractivity contribution in [2.45, 2.75) is 24.4 Å². The quantitative estimate of drug-likeness (QED) is 0.738. The van der Waals surface area contributed by atoms with Gasteiger partial charge in [0.05, 0.1) is 16.7 Å². The van der Waals surface area contributed by atoms with Gasteiger partial charge in [-0.15, -0.1) is 0 Å². The summed E-state index contributed by atoms with van der Waals surface area (Å²) in [5.74, 6) is 0. The summed E-state index contributed by atoms with van der Waals surface area (Å²) in [6, 6.07) is 1.23. The molecule has 0 aromatic carbocycles. The van der Waals surface area contributed by atoms with Crippen LogP contribution in [0.25, 0.3) is 16.9 Å². The molecule has 3 aromatic rings. The summed E-state index contributed by atoms with van der Waals surface area (Å²) < 4.78 is 41.7. The van der Waals surface area contributed by atoms with Crippen LogP contribution in [0.2, 0.25) is 0 Å². The molecular formula is C14H10F3N5O2. The fourth-order valence-corrected chi connectivity index (χ4v) is 2.83. The summed E-state index contributed by atoms with van der Waals surface area (Å²) in [5, 5.41) is 4.12. The molecule has 2 N–H and O–H groups in total. The summed E-state index contributed by atoms with van der Waals surface area (Å²) in [5.41, 5.74) is -3.31. The fraction of sp³-hybridized carbons (Fsp3) is 0.286. The lowest BCUT2D eigenvalue weighted by molar-refractivity contribution is -0.160. The summed E-state index contributed by atoms with van der Waals surface area (Å²) >= 11 is 0. The van der Waals surface area contributed by atoms with Crippen LogP contribution >= 0.6 is 0 Å². The van der Waals surface area contributed by atoms with E-state index in [1.165, 1.54) is 23.0 Å². The highest BCUT2D eigenvalue weighted by molar-refractivity contribution is 5.64. The van der Waals surface area contributed by atoms with E-state index in [-0.39, 0.29) is 35.3 Å². The Bertz CT molecular complexity index is 1060. The maximum atomic E-state index is 13.5. The highest BCUT2D eigenvalue weighted by Crippen LogP contribution is 2.59. The van der Waals surface area contributed by atoms with Crippen molar-refractivity contribution in [1.29, 1.82) is 0 Å². The van der Waals surface area contributed by atoms with Crippen LogP contribution in [-0.2, 0) is 5.41 Å². The molecule has 0 spiro atoms. The zero-order valence-electron chi connectivity index (χ0n) is 12.0. The van der Waals surface area contributed by atoms with E-state index in [4.69, 9.17) is 0 Å². The number of nitrogens with zero attached hydrogens (tertiary/aromatic N) is 3. The van der Waals surface area contributed by atoms with E-state index in [1.807, 2.05) is 4.98 Å². The summed E-state index contributed by atoms with van der Waals surface area (Å²) in [7, 11) is 0. The molecule has 3 heterocycles. The van der Waals surface area contributed by atoms with Crippen LogP contribution in [0.4, 0.5) is 13.2 Å². The molecule has 124 valence electrons. The van der Waals surface area contributed by atoms with E-state index in [9.17, 15) is 22.8 Å². The number of imidazole rings is 1. The van der Waals surface area contributed by atoms with Crippen LogP contribution in [0, 0.1) is 0 Å². The molecule has 0 amide bonds. The number of hydrogen-bond donors (Lipinski definition) is 2. The molecule has 0 unspecified atom stereocenters. The van der Waals surface area contributed by atoms with E-state index in [1.54, 1.807) is 0 Å². The van der Waals surface area contributed by atoms with E-state index in [2.05, 4.69) is 15.1 Å². The van der Waals surface area contributed by atoms with Crippen molar-refractivity contribution >= 4 is 5.65 Å². The van der Waals surface area contributed by atoms with Crippen LogP contribution in [-0.4, -0.2) is 30.7 Å². The first-order valence-electron chi connectivity index (χ1n) is 7.06. The summed E-state index contributed by atoms with van der Waals surface area (Å²) in [6.07, 6.45) is -0.610. The fourth-order valence-electron chi connectivity index (χ4n) is 2.83. The van der Waals surface area contributed by atoms with Crippen LogP contribution in [0.15, 0.2) is 34.2 Å². The van der Waals surface area contributed by atoms with Gasteiger partial charge in [0.1, 0.15) is 0 Å². The Kier molecular flexibility index (Phi) is 2.78. The molecule has 4 rings (SSSR count). The van der Waals surface area contributed by atoms with Gasteiger partial charge in [-0.05, 0) is 18.9 Å². The number of halogens is 3. The van der Waals surface area contributed by atoms with E-state index in [0.29, 0.717) is 0 Å². The van der Waals surface area contributed by atoms with Gasteiger partial charge >= 0.3 is 11.9 Å². The molecule has 3 aromatic heterocycles. The molecule has 1 fully saturated rings. The van der Waals surface area contributed by atoms with E-state index in [0.717, 1.165) is 6.20 Å². The Hall–Kier alpha value is -2.91. The molecule has 1 aliphatic carbocycles. The van der Waals surface area contributed by atoms with Gasteiger partial charge < -0.3 is 4.98 Å². The lowest BCUT2D eigenvalue weighted by atomic mass is 9.95. The van der Waals surface area contributed by atoms with Gasteiger partial charge in [-0.1, -0.05) is 0 Å². The van der Waals surface area contributed by atoms with Crippen molar-refractivity contribution < 1.29 is 13.2 Å². The molecule has 0 bridgehead atoms. The van der Waals surface area contributed by atoms with Crippen LogP contribution in [0.1, 0.15) is 18.4 Å². The first kappa shape index (κ1) is 14.7. The summed E-state index contributed by atoms with van der Waals surface area (Å²) in [6.45, 7) is 0. The third kappa shape index (κ3) is 1.99. The van der Waals surface area contributed by atoms with Crippen molar-refractivity contribution in [3.8, 4) is 11.3 Å². The molecule has 7 nitrogen and oxygen atoms in total. The van der Waals surface area contributed by atoms with Gasteiger partial charge in [0.15, 0.2) is 5.65 Å². The average molecular weight is 337 g/mol. The molecule has 24 heavy (non-hydrogen) atoms. The molecule has 0 saturated heterocycles. The molecule has 1 aliphatic rings. The maximum Gasteiger partial charge on any atom is 0.398 e. The maximum absolute atomic E-state index is 13.5. The van der Waals surface area contributed by atoms with Crippen molar-refractivity contribution in [3.05, 3.63) is 51.1 Å². The average Bonchev–Trinajstić information content (AvgIpc) is 3.18. The second kappa shape index (κ2) is 4.56. The molecule has 0 radical (unpaired) electrons. The topological polar surface area (TPSA) is 95.9 Å². The minimum atomic E-state index is -4.42. The largest absolute Gasteiger partial charge is 0.398 e. The van der Waals surface area contributed by atoms with Crippen molar-refractivity contribution in [2.24, 2.45) is 0 Å². The third-order valence-electron chi connectivity index (χ3n) is 4.26. The highest BCUT2D eigenvalue weighted by atomic mass is 19.4. The van der Waals surface area contributed by atoms with E-state index >= 15 is 0 Å². The Morgan fingerprint density at radius 2 is 2.00 bits per heavy atom. The lowest BCUT2D eigenvalue weighted by Gasteiger charge is -2.20. The minimum absolute atomic E-state index is 0.0180. The first-order chi connectivity index (χ1) is 11.3. The van der Waals surface area contributed by atoms with Crippen LogP contribution in [0.3, 0.4) is 0 Å². The van der Waals surface area contributed by atoms with Gasteiger partial charge in [0.25, 0.3) is 5.56 Å². The molecular weight excluding hydrogens is 327 g/mol. The van der Waals surface area contributed by atoms with Crippen LogP contribution in [0.5, 0.6) is 0 Å². The number of fused-ring (bicyclic) bond motifs is 1. The number of rotatable bonds is 2. The molecule has 0 atom stereocenters. The van der Waals surface area contributed by atoms with Crippen LogP contribution < -0.4 is 11.2 Å². The normalized spacial score (nSPS) is 16.5. The number of aromatic amines is 2. The minimum Gasteiger partial charge on any atom is -0.313 e. The second-order valence-corrected chi connectivity index (χ2v) is 5.70. The Labute approximate surface area is 131 Å². The van der Waals surface area contributed by atoms with Crippen molar-refractivity contribution in [2.75, 3.05) is 0 Å². The SMILES string of the molecule is O=c1[nH]cc(-c2cc(C3(C(F)(F)F)CC3)c3nccn3n2)c(=O)[nH]1. The first-order valence-corrected chi connectivity index (χ1v) is 7.06. The third-order valence-corrected chi connectivity index (χ3v) is 4.26. The number of nitrogens with one attached hydrogen (secondary N) is 2. The standard InChI is InChI=1S/C14H10F3N5O2/c15-14(16,17)13(1-2-13)8-5-9(21-22-4-3-18-10(8)22)7-6-19-12(24)20-11(7)23/h3-6H,1-2H2,(H2,19,20,23,24). The predicted molar refractivity (Wildman–Crippen MR) is 76.6 cm³/mol. The van der Waals surface area contributed by atoms with Crippen molar-refractivity contribution in [1.82, 2.24) is 24.6 Å². The second-order valence-electron chi connectivity index (χ2n) is 5.70. The van der Waals surface area contributed by atoms with Gasteiger partial charge in [-0.2, -0.15) is 18.3 Å². The zero-order valence-corrected chi connectivity index (χ0v) is 12.0. The van der Waals surface area contributed by atoms with Gasteiger partial charge in [-0.3, -0.25) is 9.78 Å². The number of H-pyrrole nitrogens is 2. The van der Waals surface area contributed by atoms with Crippen molar-refractivity contribution in [3.63, 3.8) is 0 Å². The zero-order chi connectivity index (χ0) is 17.1. The number of alkyl halides is 3. The van der Waals surface area contributed by atoms with Gasteiger partial charge in [-0.25, -0.2) is 14.3 Å². The Morgan fingerprint density at radius 3 is 2.62 bits per heavy atom. The van der Waals surface area contributed by atoms with E-state index < -0.39 is 22.8 Å². The molecule has 1 saturated carbocycles. The predicted octanol–water partition coefficient (Wildman–Crippen LogP) is 1.37. The lowest BCUT2D eigenvalue weighted by Crippen LogP contribution is -2.30. The van der Waals surface area contributed by atoms with Gasteiger partial charge in [0.2, 0.25) is 0 Å². The monoisotopic (exact) mass is 337 g/mol. The molecule has 10 heteroatoms. The van der Waals surface area contributed by atoms with Gasteiger partial charge in [0, 0.05) is 24.2 Å². The number of hydrogen-bond acceptors (Lipinski definition) is 4. The molecule has 0 aliphatic heterocycles. The highest BCUT2D eigenvalue weighted by Gasteiger charge is 2.65. The number of aromatic nitrogens is 5. The Morgan fingerprint density at radius 1 is 1.25 bits per heavy atom.